The number of hydrogen-bond donors (Lipinski definition) is 1. The molecular formula is C19H15NO3. The zero-order chi connectivity index (χ0) is 16.2. The van der Waals surface area contributed by atoms with E-state index in [4.69, 9.17) is 4.74 Å². The molecule has 4 nitrogen and oxygen atoms in total. The molecule has 3 rings (SSSR count). The van der Waals surface area contributed by atoms with Crippen molar-refractivity contribution in [1.82, 2.24) is 0 Å². The lowest BCUT2D eigenvalue weighted by Crippen LogP contribution is -2.15. The SMILES string of the molecule is CC(=O)Oc1ccccc1C(=O)Nc1cccc2ccccc12. The lowest BCUT2D eigenvalue weighted by molar-refractivity contribution is -0.131. The molecule has 1 amide bonds. The van der Waals surface area contributed by atoms with Gasteiger partial charge < -0.3 is 10.1 Å². The average Bonchev–Trinajstić information content (AvgIpc) is 2.55. The lowest BCUT2D eigenvalue weighted by atomic mass is 10.1. The van der Waals surface area contributed by atoms with Crippen LogP contribution in [0.2, 0.25) is 0 Å². The fourth-order valence-corrected chi connectivity index (χ4v) is 2.42. The van der Waals surface area contributed by atoms with Gasteiger partial charge >= 0.3 is 5.97 Å². The Hall–Kier alpha value is -3.14. The highest BCUT2D eigenvalue weighted by Crippen LogP contribution is 2.25. The van der Waals surface area contributed by atoms with Crippen molar-refractivity contribution in [3.8, 4) is 5.75 Å². The number of amides is 1. The largest absolute Gasteiger partial charge is 0.426 e. The summed E-state index contributed by atoms with van der Waals surface area (Å²) in [6, 6.07) is 20.2. The van der Waals surface area contributed by atoms with Gasteiger partial charge in [-0.15, -0.1) is 0 Å². The highest BCUT2D eigenvalue weighted by Gasteiger charge is 2.14. The van der Waals surface area contributed by atoms with Crippen molar-refractivity contribution < 1.29 is 14.3 Å². The van der Waals surface area contributed by atoms with Crippen molar-refractivity contribution >= 4 is 28.3 Å². The first-order valence-corrected chi connectivity index (χ1v) is 7.22. The molecule has 0 aromatic heterocycles. The van der Waals surface area contributed by atoms with Gasteiger partial charge in [-0.3, -0.25) is 9.59 Å². The molecule has 23 heavy (non-hydrogen) atoms. The number of benzene rings is 3. The molecular weight excluding hydrogens is 290 g/mol. The molecule has 0 atom stereocenters. The van der Waals surface area contributed by atoms with Crippen LogP contribution in [0.5, 0.6) is 5.75 Å². The lowest BCUT2D eigenvalue weighted by Gasteiger charge is -2.11. The van der Waals surface area contributed by atoms with Gasteiger partial charge in [0.1, 0.15) is 5.75 Å². The summed E-state index contributed by atoms with van der Waals surface area (Å²) < 4.78 is 5.09. The fourth-order valence-electron chi connectivity index (χ4n) is 2.42. The minimum absolute atomic E-state index is 0.248. The van der Waals surface area contributed by atoms with E-state index < -0.39 is 5.97 Å². The first-order chi connectivity index (χ1) is 11.1. The van der Waals surface area contributed by atoms with Crippen molar-refractivity contribution in [3.63, 3.8) is 0 Å². The van der Waals surface area contributed by atoms with Crippen molar-refractivity contribution in [2.45, 2.75) is 6.92 Å². The van der Waals surface area contributed by atoms with Gasteiger partial charge in [0, 0.05) is 18.0 Å². The highest BCUT2D eigenvalue weighted by molar-refractivity contribution is 6.10. The molecule has 4 heteroatoms. The van der Waals surface area contributed by atoms with Gasteiger partial charge in [0.15, 0.2) is 0 Å². The molecule has 0 radical (unpaired) electrons. The second-order valence-corrected chi connectivity index (χ2v) is 5.07. The Kier molecular flexibility index (Phi) is 4.06. The normalized spacial score (nSPS) is 10.3. The summed E-state index contributed by atoms with van der Waals surface area (Å²) in [5.74, 6) is -0.536. The molecule has 0 aliphatic rings. The minimum Gasteiger partial charge on any atom is -0.426 e. The summed E-state index contributed by atoms with van der Waals surface area (Å²) in [7, 11) is 0. The predicted molar refractivity (Wildman–Crippen MR) is 89.7 cm³/mol. The smallest absolute Gasteiger partial charge is 0.308 e. The molecule has 1 N–H and O–H groups in total. The van der Waals surface area contributed by atoms with E-state index in [-0.39, 0.29) is 11.7 Å². The van der Waals surface area contributed by atoms with Gasteiger partial charge in [0.2, 0.25) is 0 Å². The third-order valence-corrected chi connectivity index (χ3v) is 3.42. The Bertz CT molecular complexity index is 881. The van der Waals surface area contributed by atoms with Gasteiger partial charge in [0.05, 0.1) is 5.56 Å². The Balaban J connectivity index is 1.94. The molecule has 0 unspecified atom stereocenters. The van der Waals surface area contributed by atoms with Gasteiger partial charge in [-0.2, -0.15) is 0 Å². The van der Waals surface area contributed by atoms with Crippen LogP contribution in [0.1, 0.15) is 17.3 Å². The molecule has 0 bridgehead atoms. The number of para-hydroxylation sites is 1. The number of esters is 1. The van der Waals surface area contributed by atoms with Crippen LogP contribution in [-0.4, -0.2) is 11.9 Å². The molecule has 0 spiro atoms. The van der Waals surface area contributed by atoms with E-state index in [9.17, 15) is 9.59 Å². The summed E-state index contributed by atoms with van der Waals surface area (Å²) in [6.07, 6.45) is 0. The van der Waals surface area contributed by atoms with E-state index in [1.807, 2.05) is 42.5 Å². The summed E-state index contributed by atoms with van der Waals surface area (Å²) in [4.78, 5) is 23.7. The average molecular weight is 305 g/mol. The summed E-state index contributed by atoms with van der Waals surface area (Å²) in [6.45, 7) is 1.30. The second-order valence-electron chi connectivity index (χ2n) is 5.07. The molecule has 0 heterocycles. The van der Waals surface area contributed by atoms with Gasteiger partial charge in [-0.25, -0.2) is 0 Å². The topological polar surface area (TPSA) is 55.4 Å². The number of carbonyl (C=O) groups is 2. The first kappa shape index (κ1) is 14.8. The van der Waals surface area contributed by atoms with Crippen molar-refractivity contribution in [2.75, 3.05) is 5.32 Å². The zero-order valence-corrected chi connectivity index (χ0v) is 12.6. The molecule has 0 aliphatic heterocycles. The molecule has 0 aliphatic carbocycles. The molecule has 114 valence electrons. The number of fused-ring (bicyclic) bond motifs is 1. The van der Waals surface area contributed by atoms with Gasteiger partial charge in [-0.05, 0) is 23.6 Å². The Morgan fingerprint density at radius 2 is 1.57 bits per heavy atom. The predicted octanol–water partition coefficient (Wildman–Crippen LogP) is 4.02. The van der Waals surface area contributed by atoms with Gasteiger partial charge in [-0.1, -0.05) is 48.5 Å². The zero-order valence-electron chi connectivity index (χ0n) is 12.6. The van der Waals surface area contributed by atoms with Crippen LogP contribution in [0, 0.1) is 0 Å². The Morgan fingerprint density at radius 3 is 2.39 bits per heavy atom. The number of ether oxygens (including phenoxy) is 1. The fraction of sp³-hybridized carbons (Fsp3) is 0.0526. The highest BCUT2D eigenvalue weighted by atomic mass is 16.5. The number of anilines is 1. The van der Waals surface area contributed by atoms with Crippen LogP contribution in [0.4, 0.5) is 5.69 Å². The number of hydrogen-bond acceptors (Lipinski definition) is 3. The number of carbonyl (C=O) groups excluding carboxylic acids is 2. The minimum atomic E-state index is -0.463. The Labute approximate surface area is 133 Å². The van der Waals surface area contributed by atoms with Crippen molar-refractivity contribution in [2.24, 2.45) is 0 Å². The monoisotopic (exact) mass is 305 g/mol. The van der Waals surface area contributed by atoms with Gasteiger partial charge in [0.25, 0.3) is 5.91 Å². The third kappa shape index (κ3) is 3.21. The standard InChI is InChI=1S/C19H15NO3/c1-13(21)23-18-12-5-4-10-16(18)19(22)20-17-11-6-8-14-7-2-3-9-15(14)17/h2-12H,1H3,(H,20,22). The van der Waals surface area contributed by atoms with E-state index >= 15 is 0 Å². The quantitative estimate of drug-likeness (QED) is 0.587. The van der Waals surface area contributed by atoms with Crippen LogP contribution in [0.15, 0.2) is 66.7 Å². The van der Waals surface area contributed by atoms with Crippen molar-refractivity contribution in [3.05, 3.63) is 72.3 Å². The van der Waals surface area contributed by atoms with Crippen LogP contribution < -0.4 is 10.1 Å². The van der Waals surface area contributed by atoms with Crippen LogP contribution in [0.25, 0.3) is 10.8 Å². The van der Waals surface area contributed by atoms with E-state index in [1.54, 1.807) is 24.3 Å². The van der Waals surface area contributed by atoms with E-state index in [1.165, 1.54) is 6.92 Å². The van der Waals surface area contributed by atoms with E-state index in [0.29, 0.717) is 11.3 Å². The number of rotatable bonds is 3. The third-order valence-electron chi connectivity index (χ3n) is 3.42. The molecule has 0 fully saturated rings. The maximum atomic E-state index is 12.6. The van der Waals surface area contributed by atoms with Crippen LogP contribution in [-0.2, 0) is 4.79 Å². The van der Waals surface area contributed by atoms with E-state index in [2.05, 4.69) is 5.32 Å². The second kappa shape index (κ2) is 6.32. The van der Waals surface area contributed by atoms with E-state index in [0.717, 1.165) is 10.8 Å². The first-order valence-electron chi connectivity index (χ1n) is 7.22. The van der Waals surface area contributed by atoms with Crippen LogP contribution in [0.3, 0.4) is 0 Å². The van der Waals surface area contributed by atoms with Crippen LogP contribution >= 0.6 is 0 Å². The summed E-state index contributed by atoms with van der Waals surface area (Å²) in [5.41, 5.74) is 1.03. The molecule has 3 aromatic rings. The Morgan fingerprint density at radius 1 is 0.870 bits per heavy atom. The maximum Gasteiger partial charge on any atom is 0.308 e. The summed E-state index contributed by atoms with van der Waals surface area (Å²) in [5, 5.41) is 4.88. The molecule has 0 saturated carbocycles. The molecule has 0 saturated heterocycles. The molecule has 3 aromatic carbocycles. The summed E-state index contributed by atoms with van der Waals surface area (Å²) >= 11 is 0. The number of nitrogens with one attached hydrogen (secondary N) is 1. The maximum absolute atomic E-state index is 12.6. The van der Waals surface area contributed by atoms with Crippen molar-refractivity contribution in [1.29, 1.82) is 0 Å².